The molecule has 1 saturated heterocycles. The summed E-state index contributed by atoms with van der Waals surface area (Å²) in [5, 5.41) is 3.05. The van der Waals surface area contributed by atoms with Gasteiger partial charge in [0, 0.05) is 26.7 Å². The molecule has 7 nitrogen and oxygen atoms in total. The molecule has 0 saturated carbocycles. The fourth-order valence-electron chi connectivity index (χ4n) is 2.41. The first kappa shape index (κ1) is 14.6. The van der Waals surface area contributed by atoms with Crippen LogP contribution in [0.2, 0.25) is 0 Å². The first-order chi connectivity index (χ1) is 9.56. The average Bonchev–Trinajstić information content (AvgIpc) is 2.94. The third kappa shape index (κ3) is 2.72. The minimum Gasteiger partial charge on any atom is -0.383 e. The summed E-state index contributed by atoms with van der Waals surface area (Å²) in [5.41, 5.74) is 5.49. The molecule has 1 aliphatic heterocycles. The van der Waals surface area contributed by atoms with Crippen LogP contribution in [0.1, 0.15) is 26.2 Å². The van der Waals surface area contributed by atoms with E-state index in [4.69, 9.17) is 10.5 Å². The molecule has 0 spiro atoms. The maximum atomic E-state index is 12.1. The molecular weight excluding hydrogens is 260 g/mol. The molecule has 2 rings (SSSR count). The zero-order valence-corrected chi connectivity index (χ0v) is 12.0. The van der Waals surface area contributed by atoms with Crippen LogP contribution < -0.4 is 22.3 Å². The maximum absolute atomic E-state index is 12.1. The van der Waals surface area contributed by atoms with Crippen molar-refractivity contribution < 1.29 is 4.74 Å². The smallest absolute Gasteiger partial charge is 0.332 e. The van der Waals surface area contributed by atoms with Gasteiger partial charge in [-0.05, 0) is 19.3 Å². The predicted octanol–water partition coefficient (Wildman–Crippen LogP) is 0.130. The quantitative estimate of drug-likeness (QED) is 0.801. The second-order valence-corrected chi connectivity index (χ2v) is 5.07. The Morgan fingerprint density at radius 2 is 2.20 bits per heavy atom. The molecule has 0 aromatic carbocycles. The van der Waals surface area contributed by atoms with Crippen LogP contribution in [0.25, 0.3) is 0 Å². The maximum Gasteiger partial charge on any atom is 0.332 e. The van der Waals surface area contributed by atoms with Crippen LogP contribution in [0.5, 0.6) is 0 Å². The van der Waals surface area contributed by atoms with Crippen LogP contribution in [0.15, 0.2) is 9.59 Å². The van der Waals surface area contributed by atoms with Crippen LogP contribution in [0.3, 0.4) is 0 Å². The summed E-state index contributed by atoms with van der Waals surface area (Å²) in [5.74, 6) is 0.206. The Balaban J connectivity index is 2.31. The normalized spacial score (nSPS) is 18.4. The number of nitrogens with zero attached hydrogens (tertiary/aromatic N) is 2. The van der Waals surface area contributed by atoms with E-state index in [9.17, 15) is 9.59 Å². The Morgan fingerprint density at radius 1 is 1.45 bits per heavy atom. The summed E-state index contributed by atoms with van der Waals surface area (Å²) in [6, 6.07) is 0. The molecule has 0 amide bonds. The van der Waals surface area contributed by atoms with E-state index in [-0.39, 0.29) is 23.3 Å². The minimum absolute atomic E-state index is 0.102. The summed E-state index contributed by atoms with van der Waals surface area (Å²) in [6.07, 6.45) is 2.88. The number of aromatic nitrogens is 2. The van der Waals surface area contributed by atoms with Gasteiger partial charge in [-0.2, -0.15) is 0 Å². The van der Waals surface area contributed by atoms with E-state index in [0.717, 1.165) is 30.4 Å². The van der Waals surface area contributed by atoms with Gasteiger partial charge in [-0.15, -0.1) is 0 Å². The van der Waals surface area contributed by atoms with Crippen molar-refractivity contribution in [3.63, 3.8) is 0 Å². The van der Waals surface area contributed by atoms with E-state index in [1.54, 1.807) is 0 Å². The summed E-state index contributed by atoms with van der Waals surface area (Å²) >= 11 is 0. The monoisotopic (exact) mass is 282 g/mol. The highest BCUT2D eigenvalue weighted by molar-refractivity contribution is 5.60. The third-order valence-electron chi connectivity index (χ3n) is 3.56. The van der Waals surface area contributed by atoms with Gasteiger partial charge < -0.3 is 15.8 Å². The molecule has 112 valence electrons. The number of rotatable bonds is 5. The number of nitrogens with one attached hydrogen (secondary N) is 1. The molecule has 0 bridgehead atoms. The standard InChI is InChI=1S/C13H22N4O3/c1-3-6-17-11(14)10(12(18)16(2)13(17)19)15-8-9-5-4-7-20-9/h9,15H,3-8,14H2,1-2H3. The highest BCUT2D eigenvalue weighted by Crippen LogP contribution is 2.15. The SMILES string of the molecule is CCCn1c(N)c(NCC2CCCO2)c(=O)n(C)c1=O. The van der Waals surface area contributed by atoms with Crippen molar-refractivity contribution in [2.24, 2.45) is 7.05 Å². The van der Waals surface area contributed by atoms with E-state index < -0.39 is 5.56 Å². The van der Waals surface area contributed by atoms with Crippen LogP contribution in [0, 0.1) is 0 Å². The zero-order chi connectivity index (χ0) is 14.7. The molecule has 1 unspecified atom stereocenters. The van der Waals surface area contributed by atoms with E-state index in [2.05, 4.69) is 5.32 Å². The Morgan fingerprint density at radius 3 is 2.80 bits per heavy atom. The summed E-state index contributed by atoms with van der Waals surface area (Å²) < 4.78 is 8.02. The molecule has 1 aliphatic rings. The fraction of sp³-hybridized carbons (Fsp3) is 0.692. The van der Waals surface area contributed by atoms with Gasteiger partial charge in [0.2, 0.25) is 0 Å². The topological polar surface area (TPSA) is 91.3 Å². The fourth-order valence-corrected chi connectivity index (χ4v) is 2.41. The second-order valence-electron chi connectivity index (χ2n) is 5.07. The average molecular weight is 282 g/mol. The summed E-state index contributed by atoms with van der Waals surface area (Å²) in [7, 11) is 1.47. The number of ether oxygens (including phenoxy) is 1. The van der Waals surface area contributed by atoms with Gasteiger partial charge in [-0.25, -0.2) is 4.79 Å². The van der Waals surface area contributed by atoms with Crippen molar-refractivity contribution in [2.75, 3.05) is 24.2 Å². The summed E-state index contributed by atoms with van der Waals surface area (Å²) in [4.78, 5) is 24.1. The van der Waals surface area contributed by atoms with E-state index in [1.165, 1.54) is 11.6 Å². The number of hydrogen-bond donors (Lipinski definition) is 2. The van der Waals surface area contributed by atoms with Crippen LogP contribution >= 0.6 is 0 Å². The van der Waals surface area contributed by atoms with Crippen molar-refractivity contribution in [1.29, 1.82) is 0 Å². The lowest BCUT2D eigenvalue weighted by atomic mass is 10.2. The van der Waals surface area contributed by atoms with Gasteiger partial charge in [0.1, 0.15) is 11.5 Å². The van der Waals surface area contributed by atoms with Gasteiger partial charge in [0.05, 0.1) is 6.10 Å². The van der Waals surface area contributed by atoms with Crippen molar-refractivity contribution in [2.45, 2.75) is 38.8 Å². The highest BCUT2D eigenvalue weighted by Gasteiger charge is 2.19. The van der Waals surface area contributed by atoms with Gasteiger partial charge in [-0.3, -0.25) is 13.9 Å². The van der Waals surface area contributed by atoms with Gasteiger partial charge in [0.25, 0.3) is 5.56 Å². The Labute approximate surface area is 117 Å². The lowest BCUT2D eigenvalue weighted by molar-refractivity contribution is 0.120. The van der Waals surface area contributed by atoms with Crippen molar-refractivity contribution in [3.8, 4) is 0 Å². The molecule has 7 heteroatoms. The first-order valence-corrected chi connectivity index (χ1v) is 7.01. The van der Waals surface area contributed by atoms with Crippen molar-refractivity contribution >= 4 is 11.5 Å². The zero-order valence-electron chi connectivity index (χ0n) is 12.0. The van der Waals surface area contributed by atoms with Crippen molar-refractivity contribution in [1.82, 2.24) is 9.13 Å². The number of hydrogen-bond acceptors (Lipinski definition) is 5. The molecule has 3 N–H and O–H groups in total. The highest BCUT2D eigenvalue weighted by atomic mass is 16.5. The molecule has 1 aromatic heterocycles. The minimum atomic E-state index is -0.391. The van der Waals surface area contributed by atoms with E-state index in [0.29, 0.717) is 13.1 Å². The molecule has 20 heavy (non-hydrogen) atoms. The van der Waals surface area contributed by atoms with Crippen LogP contribution in [0.4, 0.5) is 11.5 Å². The molecule has 1 fully saturated rings. The Kier molecular flexibility index (Phi) is 4.49. The molecule has 0 aliphatic carbocycles. The van der Waals surface area contributed by atoms with Gasteiger partial charge >= 0.3 is 5.69 Å². The second kappa shape index (κ2) is 6.13. The number of nitrogens with two attached hydrogens (primary N) is 1. The van der Waals surface area contributed by atoms with Crippen LogP contribution in [-0.4, -0.2) is 28.4 Å². The molecule has 2 heterocycles. The Bertz CT molecular complexity index is 585. The number of anilines is 2. The molecule has 1 aromatic rings. The molecule has 1 atom stereocenters. The number of nitrogen functional groups attached to an aromatic ring is 1. The molecule has 0 radical (unpaired) electrons. The lowest BCUT2D eigenvalue weighted by Gasteiger charge is -2.17. The predicted molar refractivity (Wildman–Crippen MR) is 78.1 cm³/mol. The van der Waals surface area contributed by atoms with E-state index >= 15 is 0 Å². The Hall–Kier alpha value is -1.76. The van der Waals surface area contributed by atoms with Crippen molar-refractivity contribution in [3.05, 3.63) is 20.8 Å². The first-order valence-electron chi connectivity index (χ1n) is 7.01. The molecular formula is C13H22N4O3. The third-order valence-corrected chi connectivity index (χ3v) is 3.56. The largest absolute Gasteiger partial charge is 0.383 e. The van der Waals surface area contributed by atoms with E-state index in [1.807, 2.05) is 6.92 Å². The lowest BCUT2D eigenvalue weighted by Crippen LogP contribution is -2.41. The van der Waals surface area contributed by atoms with Gasteiger partial charge in [-0.1, -0.05) is 6.92 Å². The summed E-state index contributed by atoms with van der Waals surface area (Å²) in [6.45, 7) is 3.74. The van der Waals surface area contributed by atoms with Crippen LogP contribution in [-0.2, 0) is 18.3 Å². The van der Waals surface area contributed by atoms with Gasteiger partial charge in [0.15, 0.2) is 0 Å².